The lowest BCUT2D eigenvalue weighted by molar-refractivity contribution is 0.310. The number of aliphatic imine (C=N–C) groups is 2. The van der Waals surface area contributed by atoms with Crippen LogP contribution in [0, 0.1) is 0 Å². The summed E-state index contributed by atoms with van der Waals surface area (Å²) in [5.74, 6) is 0.911. The highest BCUT2D eigenvalue weighted by Crippen LogP contribution is 2.13. The van der Waals surface area contributed by atoms with Gasteiger partial charge in [0.2, 0.25) is 5.96 Å². The molecular formula is C19H25N5O. The number of hydrogen-bond acceptors (Lipinski definition) is 2. The number of benzene rings is 2. The van der Waals surface area contributed by atoms with Gasteiger partial charge in [-0.2, -0.15) is 10.1 Å². The molecule has 0 amide bonds. The van der Waals surface area contributed by atoms with E-state index in [4.69, 9.17) is 0 Å². The summed E-state index contributed by atoms with van der Waals surface area (Å²) in [6.07, 6.45) is 0. The molecule has 0 spiro atoms. The third kappa shape index (κ3) is 5.32. The van der Waals surface area contributed by atoms with Crippen LogP contribution in [-0.4, -0.2) is 55.1 Å². The van der Waals surface area contributed by atoms with E-state index < -0.39 is 0 Å². The lowest BCUT2D eigenvalue weighted by Crippen LogP contribution is -2.38. The quantitative estimate of drug-likeness (QED) is 0.531. The zero-order chi connectivity index (χ0) is 18.2. The summed E-state index contributed by atoms with van der Waals surface area (Å²) < 4.78 is 0. The normalized spacial score (nSPS) is 11.0. The lowest BCUT2D eigenvalue weighted by atomic mass is 10.2. The second kappa shape index (κ2) is 8.84. The molecular weight excluding hydrogens is 314 g/mol. The van der Waals surface area contributed by atoms with Crippen molar-refractivity contribution in [2.24, 2.45) is 9.98 Å². The number of rotatable bonds is 3. The summed E-state index contributed by atoms with van der Waals surface area (Å²) in [5, 5.41) is 11.6. The van der Waals surface area contributed by atoms with Gasteiger partial charge >= 0.3 is 0 Å². The summed E-state index contributed by atoms with van der Waals surface area (Å²) in [6.45, 7) is 0.428. The maximum atomic E-state index is 10.6. The molecule has 0 bridgehead atoms. The van der Waals surface area contributed by atoms with Crippen LogP contribution in [0.2, 0.25) is 0 Å². The molecule has 6 nitrogen and oxygen atoms in total. The van der Waals surface area contributed by atoms with Crippen LogP contribution in [0.1, 0.15) is 5.56 Å². The molecule has 0 aliphatic carbocycles. The summed E-state index contributed by atoms with van der Waals surface area (Å²) in [5.41, 5.74) is 1.66. The minimum absolute atomic E-state index is 0.229. The van der Waals surface area contributed by atoms with Crippen LogP contribution in [0.15, 0.2) is 70.6 Å². The van der Waals surface area contributed by atoms with E-state index in [-0.39, 0.29) is 5.96 Å². The highest BCUT2D eigenvalue weighted by atomic mass is 16.5. The van der Waals surface area contributed by atoms with Gasteiger partial charge in [-0.05, 0) is 17.7 Å². The molecule has 0 heterocycles. The topological polar surface area (TPSA) is 54.7 Å². The average Bonchev–Trinajstić information content (AvgIpc) is 2.62. The Balaban J connectivity index is 2.38. The van der Waals surface area contributed by atoms with E-state index in [9.17, 15) is 5.21 Å². The number of guanidine groups is 2. The average molecular weight is 339 g/mol. The van der Waals surface area contributed by atoms with E-state index in [1.165, 1.54) is 0 Å². The predicted molar refractivity (Wildman–Crippen MR) is 103 cm³/mol. The number of nitrogens with zero attached hydrogens (tertiary/aromatic N) is 5. The van der Waals surface area contributed by atoms with Gasteiger partial charge in [0.05, 0.1) is 12.2 Å². The van der Waals surface area contributed by atoms with Gasteiger partial charge in [0.1, 0.15) is 0 Å². The molecule has 132 valence electrons. The van der Waals surface area contributed by atoms with Crippen molar-refractivity contribution < 1.29 is 5.21 Å². The van der Waals surface area contributed by atoms with Crippen LogP contribution in [0.5, 0.6) is 0 Å². The van der Waals surface area contributed by atoms with Crippen LogP contribution < -0.4 is 5.06 Å². The largest absolute Gasteiger partial charge is 0.349 e. The van der Waals surface area contributed by atoms with Crippen molar-refractivity contribution in [1.82, 2.24) is 9.80 Å². The van der Waals surface area contributed by atoms with Crippen molar-refractivity contribution in [2.75, 3.05) is 33.3 Å². The van der Waals surface area contributed by atoms with Crippen molar-refractivity contribution in [3.05, 3.63) is 66.2 Å². The van der Waals surface area contributed by atoms with Gasteiger partial charge in [-0.25, -0.2) is 4.99 Å². The van der Waals surface area contributed by atoms with Crippen LogP contribution in [-0.2, 0) is 6.54 Å². The van der Waals surface area contributed by atoms with Crippen molar-refractivity contribution >= 4 is 17.6 Å². The zero-order valence-corrected chi connectivity index (χ0v) is 15.2. The molecule has 25 heavy (non-hydrogen) atoms. The number of para-hydroxylation sites is 1. The summed E-state index contributed by atoms with van der Waals surface area (Å²) in [4.78, 5) is 12.8. The summed E-state index contributed by atoms with van der Waals surface area (Å²) in [6, 6.07) is 19.1. The van der Waals surface area contributed by atoms with E-state index in [1.54, 1.807) is 12.1 Å². The van der Waals surface area contributed by atoms with Crippen LogP contribution in [0.4, 0.5) is 5.69 Å². The maximum absolute atomic E-state index is 10.6. The van der Waals surface area contributed by atoms with Crippen molar-refractivity contribution in [3.8, 4) is 0 Å². The number of hydroxylamine groups is 1. The second-order valence-electron chi connectivity index (χ2n) is 5.95. The fraction of sp³-hybridized carbons (Fsp3) is 0.263. The van der Waals surface area contributed by atoms with Crippen molar-refractivity contribution in [1.29, 1.82) is 0 Å². The van der Waals surface area contributed by atoms with Crippen LogP contribution in [0.25, 0.3) is 0 Å². The Morgan fingerprint density at radius 3 is 1.88 bits per heavy atom. The Morgan fingerprint density at radius 1 is 0.840 bits per heavy atom. The third-order valence-electron chi connectivity index (χ3n) is 3.44. The maximum Gasteiger partial charge on any atom is 0.253 e. The van der Waals surface area contributed by atoms with Crippen molar-refractivity contribution in [3.63, 3.8) is 0 Å². The van der Waals surface area contributed by atoms with Gasteiger partial charge in [-0.15, -0.1) is 0 Å². The van der Waals surface area contributed by atoms with Gasteiger partial charge in [-0.3, -0.25) is 5.21 Å². The van der Waals surface area contributed by atoms with Gasteiger partial charge in [0, 0.05) is 28.2 Å². The molecule has 6 heteroatoms. The van der Waals surface area contributed by atoms with E-state index in [2.05, 4.69) is 9.98 Å². The Hall–Kier alpha value is -2.86. The van der Waals surface area contributed by atoms with E-state index in [0.29, 0.717) is 18.2 Å². The molecule has 0 aromatic heterocycles. The molecule has 0 radical (unpaired) electrons. The molecule has 2 rings (SSSR count). The van der Waals surface area contributed by atoms with Gasteiger partial charge in [-0.1, -0.05) is 48.5 Å². The van der Waals surface area contributed by atoms with E-state index in [0.717, 1.165) is 10.6 Å². The molecule has 1 N–H and O–H groups in total. The standard InChI is InChI=1S/C19H25N5O/c1-22(2)19(23(3)4)21-18(20-15-16-11-7-5-8-12-16)24(25)17-13-9-6-10-14-17/h5-14,25H,15H2,1-4H3. The van der Waals surface area contributed by atoms with E-state index >= 15 is 0 Å². The lowest BCUT2D eigenvalue weighted by Gasteiger charge is -2.24. The molecule has 0 saturated heterocycles. The summed E-state index contributed by atoms with van der Waals surface area (Å²) in [7, 11) is 7.60. The third-order valence-corrected chi connectivity index (χ3v) is 3.44. The first-order valence-corrected chi connectivity index (χ1v) is 8.05. The van der Waals surface area contributed by atoms with Gasteiger partial charge in [0.15, 0.2) is 0 Å². The first-order chi connectivity index (χ1) is 12.0. The highest BCUT2D eigenvalue weighted by molar-refractivity contribution is 6.02. The van der Waals surface area contributed by atoms with E-state index in [1.807, 2.05) is 86.5 Å². The predicted octanol–water partition coefficient (Wildman–Crippen LogP) is 2.92. The minimum atomic E-state index is 0.229. The molecule has 0 fully saturated rings. The molecule has 0 saturated carbocycles. The highest BCUT2D eigenvalue weighted by Gasteiger charge is 2.14. The van der Waals surface area contributed by atoms with Crippen molar-refractivity contribution in [2.45, 2.75) is 6.54 Å². The molecule has 0 aliphatic rings. The molecule has 0 unspecified atom stereocenters. The Labute approximate surface area is 149 Å². The second-order valence-corrected chi connectivity index (χ2v) is 5.95. The van der Waals surface area contributed by atoms with Gasteiger partial charge < -0.3 is 9.80 Å². The fourth-order valence-corrected chi connectivity index (χ4v) is 2.27. The fourth-order valence-electron chi connectivity index (χ4n) is 2.27. The Kier molecular flexibility index (Phi) is 6.54. The van der Waals surface area contributed by atoms with Gasteiger partial charge in [0.25, 0.3) is 5.96 Å². The molecule has 0 aliphatic heterocycles. The van der Waals surface area contributed by atoms with Crippen LogP contribution in [0.3, 0.4) is 0 Å². The zero-order valence-electron chi connectivity index (χ0n) is 15.2. The molecule has 2 aromatic rings. The smallest absolute Gasteiger partial charge is 0.253 e. The SMILES string of the molecule is CN(C)C(=NC(=NCc1ccccc1)N(O)c1ccccc1)N(C)C. The Bertz CT molecular complexity index is 701. The number of anilines is 1. The first kappa shape index (κ1) is 18.5. The first-order valence-electron chi connectivity index (χ1n) is 8.05. The number of hydrogen-bond donors (Lipinski definition) is 1. The monoisotopic (exact) mass is 339 g/mol. The van der Waals surface area contributed by atoms with Crippen LogP contribution >= 0.6 is 0 Å². The molecule has 2 aromatic carbocycles. The summed E-state index contributed by atoms with van der Waals surface area (Å²) >= 11 is 0. The molecule has 0 atom stereocenters. The Morgan fingerprint density at radius 2 is 1.36 bits per heavy atom. The minimum Gasteiger partial charge on any atom is -0.349 e.